The first-order valence-electron chi connectivity index (χ1n) is 14.7. The lowest BCUT2D eigenvalue weighted by molar-refractivity contribution is 0.0939. The number of rotatable bonds is 7. The predicted molar refractivity (Wildman–Crippen MR) is 160 cm³/mol. The first-order valence-corrected chi connectivity index (χ1v) is 14.7. The van der Waals surface area contributed by atoms with Gasteiger partial charge in [0.15, 0.2) is 0 Å². The Labute approximate surface area is 245 Å². The number of ether oxygens (including phenoxy) is 1. The number of aliphatic imine (C=N–C) groups is 1. The van der Waals surface area contributed by atoms with E-state index in [4.69, 9.17) is 19.2 Å². The Morgan fingerprint density at radius 3 is 2.81 bits per heavy atom. The zero-order valence-electron chi connectivity index (χ0n) is 24.2. The van der Waals surface area contributed by atoms with Crippen molar-refractivity contribution in [2.75, 3.05) is 38.6 Å². The third-order valence-electron chi connectivity index (χ3n) is 8.87. The van der Waals surface area contributed by atoms with Gasteiger partial charge in [-0.1, -0.05) is 29.5 Å². The van der Waals surface area contributed by atoms with E-state index in [2.05, 4.69) is 50.0 Å². The SMILES string of the molecule is COC1=C(c2c(C)noc2C)C=C2Nc3nc(C(=O)NCCN4CCCC4)nc(C4C=CN=C5C=CC=CC54)c3C2C1. The molecule has 10 heteroatoms. The molecule has 1 saturated heterocycles. The number of carbonyl (C=O) groups is 1. The average Bonchev–Trinajstić information content (AvgIpc) is 3.74. The Hall–Kier alpha value is -4.31. The summed E-state index contributed by atoms with van der Waals surface area (Å²) in [5.74, 6) is 2.07. The molecule has 7 rings (SSSR count). The number of anilines is 1. The standard InChI is InChI=1S/C32H35N7O3/c1-18-27(19(2)42-38-18)23-16-25-22(17-26(23)41-3)28-29(21-10-11-33-24-9-5-4-8-20(21)24)36-31(37-30(28)35-25)32(40)34-12-15-39-13-6-7-14-39/h4-5,8-11,16,20-22H,6-7,12-15,17H2,1-3H3,(H,34,40)(H,35,36,37). The van der Waals surface area contributed by atoms with E-state index in [1.807, 2.05) is 32.2 Å². The molecule has 2 aliphatic carbocycles. The fourth-order valence-electron chi connectivity index (χ4n) is 6.81. The highest BCUT2D eigenvalue weighted by Gasteiger charge is 2.41. The highest BCUT2D eigenvalue weighted by atomic mass is 16.5. The van der Waals surface area contributed by atoms with Crippen molar-refractivity contribution in [2.45, 2.75) is 44.9 Å². The molecule has 1 fully saturated rings. The number of hydrogen-bond donors (Lipinski definition) is 2. The van der Waals surface area contributed by atoms with Crippen LogP contribution in [0.5, 0.6) is 0 Å². The summed E-state index contributed by atoms with van der Waals surface area (Å²) >= 11 is 0. The molecule has 2 aromatic rings. The van der Waals surface area contributed by atoms with Crippen LogP contribution in [-0.4, -0.2) is 64.9 Å². The maximum Gasteiger partial charge on any atom is 0.289 e. The molecule has 3 aliphatic heterocycles. The van der Waals surface area contributed by atoms with Gasteiger partial charge in [0.2, 0.25) is 5.82 Å². The highest BCUT2D eigenvalue weighted by Crippen LogP contribution is 2.50. The van der Waals surface area contributed by atoms with Crippen LogP contribution >= 0.6 is 0 Å². The van der Waals surface area contributed by atoms with Gasteiger partial charge in [0.25, 0.3) is 5.91 Å². The average molecular weight is 566 g/mol. The summed E-state index contributed by atoms with van der Waals surface area (Å²) < 4.78 is 11.4. The number of methoxy groups -OCH3 is 1. The van der Waals surface area contributed by atoms with Crippen LogP contribution < -0.4 is 10.6 Å². The summed E-state index contributed by atoms with van der Waals surface area (Å²) in [5, 5.41) is 10.8. The molecule has 2 N–H and O–H groups in total. The Morgan fingerprint density at radius 1 is 1.17 bits per heavy atom. The molecular formula is C32H35N7O3. The van der Waals surface area contributed by atoms with Crippen molar-refractivity contribution < 1.29 is 14.1 Å². The number of carbonyl (C=O) groups excluding carboxylic acids is 1. The van der Waals surface area contributed by atoms with Gasteiger partial charge >= 0.3 is 0 Å². The summed E-state index contributed by atoms with van der Waals surface area (Å²) in [6, 6.07) is 0. The Kier molecular flexibility index (Phi) is 6.85. The molecule has 3 atom stereocenters. The minimum absolute atomic E-state index is 0.0250. The van der Waals surface area contributed by atoms with Gasteiger partial charge in [-0.2, -0.15) is 0 Å². The van der Waals surface area contributed by atoms with Crippen molar-refractivity contribution in [1.29, 1.82) is 0 Å². The molecule has 0 saturated carbocycles. The maximum absolute atomic E-state index is 13.4. The second-order valence-electron chi connectivity index (χ2n) is 11.4. The van der Waals surface area contributed by atoms with Crippen molar-refractivity contribution in [3.8, 4) is 0 Å². The molecule has 0 radical (unpaired) electrons. The Balaban J connectivity index is 1.27. The van der Waals surface area contributed by atoms with Gasteiger partial charge in [-0.05, 0) is 51.9 Å². The molecule has 5 heterocycles. The molecule has 0 spiro atoms. The van der Waals surface area contributed by atoms with Gasteiger partial charge in [-0.25, -0.2) is 9.97 Å². The lowest BCUT2D eigenvalue weighted by Gasteiger charge is -2.29. The summed E-state index contributed by atoms with van der Waals surface area (Å²) in [5.41, 5.74) is 6.52. The number of likely N-dealkylation sites (tertiary alicyclic amines) is 1. The zero-order valence-corrected chi connectivity index (χ0v) is 24.2. The number of nitrogens with one attached hydrogen (secondary N) is 2. The predicted octanol–water partition coefficient (Wildman–Crippen LogP) is 4.56. The van der Waals surface area contributed by atoms with E-state index in [0.29, 0.717) is 18.8 Å². The van der Waals surface area contributed by atoms with Crippen LogP contribution in [0.15, 0.2) is 63.6 Å². The van der Waals surface area contributed by atoms with Gasteiger partial charge in [0.05, 0.1) is 24.1 Å². The number of allylic oxidation sites excluding steroid dienone is 9. The summed E-state index contributed by atoms with van der Waals surface area (Å²) in [7, 11) is 1.70. The third kappa shape index (κ3) is 4.59. The van der Waals surface area contributed by atoms with E-state index >= 15 is 0 Å². The number of fused-ring (bicyclic) bond motifs is 4. The van der Waals surface area contributed by atoms with Crippen molar-refractivity contribution in [1.82, 2.24) is 25.3 Å². The lowest BCUT2D eigenvalue weighted by atomic mass is 9.77. The molecule has 3 unspecified atom stereocenters. The molecular weight excluding hydrogens is 530 g/mol. The molecule has 10 nitrogen and oxygen atoms in total. The number of aryl methyl sites for hydroxylation is 2. The summed E-state index contributed by atoms with van der Waals surface area (Å²) in [6.07, 6.45) is 17.4. The molecule has 2 aromatic heterocycles. The quantitative estimate of drug-likeness (QED) is 0.502. The monoisotopic (exact) mass is 565 g/mol. The van der Waals surface area contributed by atoms with E-state index in [9.17, 15) is 4.79 Å². The molecule has 5 aliphatic rings. The van der Waals surface area contributed by atoms with Crippen LogP contribution in [0.2, 0.25) is 0 Å². The first-order chi connectivity index (χ1) is 20.5. The van der Waals surface area contributed by atoms with Gasteiger partial charge in [0, 0.05) is 66.0 Å². The molecule has 0 aromatic carbocycles. The Bertz CT molecular complexity index is 1600. The minimum atomic E-state index is -0.260. The second kappa shape index (κ2) is 10.8. The Morgan fingerprint density at radius 2 is 2.02 bits per heavy atom. The van der Waals surface area contributed by atoms with E-state index in [1.54, 1.807) is 7.11 Å². The van der Waals surface area contributed by atoms with E-state index < -0.39 is 0 Å². The van der Waals surface area contributed by atoms with Gasteiger partial charge in [-0.3, -0.25) is 9.79 Å². The largest absolute Gasteiger partial charge is 0.500 e. The maximum atomic E-state index is 13.4. The normalized spacial score (nSPS) is 24.1. The highest BCUT2D eigenvalue weighted by molar-refractivity contribution is 6.01. The smallest absolute Gasteiger partial charge is 0.289 e. The minimum Gasteiger partial charge on any atom is -0.500 e. The van der Waals surface area contributed by atoms with E-state index in [-0.39, 0.29) is 29.5 Å². The van der Waals surface area contributed by atoms with Crippen molar-refractivity contribution >= 4 is 23.0 Å². The lowest BCUT2D eigenvalue weighted by Crippen LogP contribution is -2.34. The van der Waals surface area contributed by atoms with Crippen LogP contribution in [0.4, 0.5) is 5.82 Å². The molecule has 1 amide bonds. The number of amides is 1. The van der Waals surface area contributed by atoms with Gasteiger partial charge in [-0.15, -0.1) is 0 Å². The van der Waals surface area contributed by atoms with Gasteiger partial charge in [0.1, 0.15) is 17.3 Å². The summed E-state index contributed by atoms with van der Waals surface area (Å²) in [4.78, 5) is 30.2. The van der Waals surface area contributed by atoms with Crippen molar-refractivity contribution in [2.24, 2.45) is 10.9 Å². The summed E-state index contributed by atoms with van der Waals surface area (Å²) in [6.45, 7) is 7.42. The van der Waals surface area contributed by atoms with Crippen LogP contribution in [-0.2, 0) is 4.74 Å². The van der Waals surface area contributed by atoms with Crippen LogP contribution in [0.1, 0.15) is 70.0 Å². The molecule has 216 valence electrons. The second-order valence-corrected chi connectivity index (χ2v) is 11.4. The number of nitrogens with zero attached hydrogens (tertiary/aromatic N) is 5. The molecule has 0 bridgehead atoms. The number of aromatic nitrogens is 3. The van der Waals surface area contributed by atoms with E-state index in [0.717, 1.165) is 70.7 Å². The van der Waals surface area contributed by atoms with Crippen LogP contribution in [0, 0.1) is 19.8 Å². The van der Waals surface area contributed by atoms with Crippen molar-refractivity contribution in [3.05, 3.63) is 88.2 Å². The molecule has 42 heavy (non-hydrogen) atoms. The fourth-order valence-corrected chi connectivity index (χ4v) is 6.81. The van der Waals surface area contributed by atoms with Crippen molar-refractivity contribution in [3.63, 3.8) is 0 Å². The van der Waals surface area contributed by atoms with Gasteiger partial charge < -0.3 is 24.8 Å². The van der Waals surface area contributed by atoms with Crippen LogP contribution in [0.25, 0.3) is 5.57 Å². The fraction of sp³-hybridized carbons (Fsp3) is 0.406. The van der Waals surface area contributed by atoms with Crippen LogP contribution in [0.3, 0.4) is 0 Å². The first kappa shape index (κ1) is 26.6. The van der Waals surface area contributed by atoms with E-state index in [1.165, 1.54) is 12.8 Å². The zero-order chi connectivity index (χ0) is 28.8. The number of hydrogen-bond acceptors (Lipinski definition) is 9. The third-order valence-corrected chi connectivity index (χ3v) is 8.87. The topological polar surface area (TPSA) is 118 Å².